The van der Waals surface area contributed by atoms with Gasteiger partial charge in [-0.2, -0.15) is 0 Å². The van der Waals surface area contributed by atoms with Crippen LogP contribution < -0.4 is 5.73 Å². The van der Waals surface area contributed by atoms with E-state index in [-0.39, 0.29) is 22.7 Å². The Balaban J connectivity index is 2.80. The third-order valence-electron chi connectivity index (χ3n) is 1.68. The Labute approximate surface area is 100 Å². The van der Waals surface area contributed by atoms with Crippen LogP contribution in [0.3, 0.4) is 0 Å². The van der Waals surface area contributed by atoms with E-state index < -0.39 is 18.5 Å². The van der Waals surface area contributed by atoms with Gasteiger partial charge in [0.25, 0.3) is 0 Å². The molecule has 2 N–H and O–H groups in total. The van der Waals surface area contributed by atoms with Crippen molar-refractivity contribution >= 4 is 23.5 Å². The summed E-state index contributed by atoms with van der Waals surface area (Å²) in [7, 11) is 0. The minimum Gasteiger partial charge on any atom is -0.445 e. The van der Waals surface area contributed by atoms with Gasteiger partial charge in [0.1, 0.15) is 6.61 Å². The number of nitrogens with zero attached hydrogens (tertiary/aromatic N) is 2. The number of aromatic nitrogens is 2. The van der Waals surface area contributed by atoms with Crippen LogP contribution in [0.25, 0.3) is 0 Å². The van der Waals surface area contributed by atoms with Crippen LogP contribution in [0.15, 0.2) is 24.3 Å². The molecule has 1 aromatic heterocycles. The molecule has 1 aromatic rings. The number of hydrogen-bond donors (Lipinski definition) is 1. The summed E-state index contributed by atoms with van der Waals surface area (Å²) in [5.74, 6) is -0.717. The van der Waals surface area contributed by atoms with Gasteiger partial charge in [0.05, 0.1) is 17.5 Å². The Morgan fingerprint density at radius 3 is 2.53 bits per heavy atom. The van der Waals surface area contributed by atoms with Crippen molar-refractivity contribution in [2.24, 2.45) is 5.73 Å². The first-order valence-electron chi connectivity index (χ1n) is 4.28. The van der Waals surface area contributed by atoms with Crippen LogP contribution in [0.2, 0.25) is 5.28 Å². The molecule has 0 aliphatic heterocycles. The number of halogens is 2. The molecule has 90 valence electrons. The Morgan fingerprint density at radius 2 is 2.06 bits per heavy atom. The van der Waals surface area contributed by atoms with E-state index in [0.29, 0.717) is 0 Å². The van der Waals surface area contributed by atoms with E-state index in [1.54, 1.807) is 0 Å². The number of carbonyl (C=O) groups is 2. The average molecular weight is 260 g/mol. The van der Waals surface area contributed by atoms with Crippen molar-refractivity contribution < 1.29 is 18.7 Å². The average Bonchev–Trinajstić information content (AvgIpc) is 2.30. The molecule has 1 rings (SSSR count). The zero-order chi connectivity index (χ0) is 12.8. The number of amides is 1. The summed E-state index contributed by atoms with van der Waals surface area (Å²) < 4.78 is 16.7. The molecule has 1 heterocycles. The monoisotopic (exact) mass is 259 g/mol. The van der Waals surface area contributed by atoms with E-state index in [9.17, 15) is 14.0 Å². The number of carbonyl (C=O) groups excluding carboxylic acids is 2. The lowest BCUT2D eigenvalue weighted by atomic mass is 10.1. The topological polar surface area (TPSA) is 95.2 Å². The van der Waals surface area contributed by atoms with Crippen LogP contribution >= 0.6 is 11.6 Å². The fraction of sp³-hybridized carbons (Fsp3) is 0.111. The summed E-state index contributed by atoms with van der Waals surface area (Å²) in [5, 5.41) is -0.0410. The molecule has 0 aromatic carbocycles. The van der Waals surface area contributed by atoms with Crippen LogP contribution in [0.4, 0.5) is 9.18 Å². The predicted molar refractivity (Wildman–Crippen MR) is 56.1 cm³/mol. The summed E-state index contributed by atoms with van der Waals surface area (Å²) in [6, 6.07) is 0. The van der Waals surface area contributed by atoms with Crippen molar-refractivity contribution in [3.8, 4) is 0 Å². The largest absolute Gasteiger partial charge is 0.445 e. The SMILES string of the molecule is NC(=O)OCC(=CF)C(=O)c1cnc(Cl)nc1. The Kier molecular flexibility index (Phi) is 4.53. The van der Waals surface area contributed by atoms with Gasteiger partial charge in [0.2, 0.25) is 5.28 Å². The molecule has 17 heavy (non-hydrogen) atoms. The van der Waals surface area contributed by atoms with Crippen LogP contribution in [0.5, 0.6) is 0 Å². The molecular formula is C9H7ClFN3O3. The number of hydrogen-bond acceptors (Lipinski definition) is 5. The summed E-state index contributed by atoms with van der Waals surface area (Å²) in [6.07, 6.45) is 1.18. The minimum absolute atomic E-state index is 0.0198. The molecule has 0 bridgehead atoms. The Bertz CT molecular complexity index is 461. The highest BCUT2D eigenvalue weighted by Gasteiger charge is 2.15. The maximum atomic E-state index is 12.4. The van der Waals surface area contributed by atoms with Crippen molar-refractivity contribution in [1.82, 2.24) is 9.97 Å². The van der Waals surface area contributed by atoms with Gasteiger partial charge in [-0.25, -0.2) is 19.2 Å². The maximum Gasteiger partial charge on any atom is 0.404 e. The summed E-state index contributed by atoms with van der Waals surface area (Å²) in [5.41, 5.74) is 4.33. The number of nitrogens with two attached hydrogens (primary N) is 1. The molecule has 0 unspecified atom stereocenters. The maximum absolute atomic E-state index is 12.4. The van der Waals surface area contributed by atoms with E-state index in [0.717, 1.165) is 12.4 Å². The third-order valence-corrected chi connectivity index (χ3v) is 1.87. The normalized spacial score (nSPS) is 11.1. The summed E-state index contributed by atoms with van der Waals surface area (Å²) in [4.78, 5) is 29.1. The number of ketones is 1. The van der Waals surface area contributed by atoms with Crippen LogP contribution in [0, 0.1) is 0 Å². The first-order chi connectivity index (χ1) is 8.04. The van der Waals surface area contributed by atoms with E-state index in [1.165, 1.54) is 0 Å². The van der Waals surface area contributed by atoms with E-state index in [2.05, 4.69) is 20.4 Å². The molecule has 0 spiro atoms. The smallest absolute Gasteiger partial charge is 0.404 e. The quantitative estimate of drug-likeness (QED) is 0.499. The van der Waals surface area contributed by atoms with E-state index in [1.807, 2.05) is 0 Å². The summed E-state index contributed by atoms with van der Waals surface area (Å²) >= 11 is 5.42. The molecule has 8 heteroatoms. The van der Waals surface area contributed by atoms with Crippen molar-refractivity contribution in [3.63, 3.8) is 0 Å². The molecule has 0 atom stereocenters. The van der Waals surface area contributed by atoms with Crippen molar-refractivity contribution in [1.29, 1.82) is 0 Å². The third kappa shape index (κ3) is 3.80. The number of primary amides is 1. The molecule has 0 saturated carbocycles. The van der Waals surface area contributed by atoms with Crippen LogP contribution in [-0.2, 0) is 4.74 Å². The van der Waals surface area contributed by atoms with Crippen LogP contribution in [0.1, 0.15) is 10.4 Å². The standard InChI is InChI=1S/C9H7ClFN3O3/c10-8-13-2-6(3-14-8)7(15)5(1-11)4-17-9(12)16/h1-3H,4H2,(H2,12,16). The minimum atomic E-state index is -1.11. The first kappa shape index (κ1) is 13.0. The zero-order valence-corrected chi connectivity index (χ0v) is 9.15. The number of ether oxygens (including phenoxy) is 1. The molecule has 0 aliphatic rings. The second-order valence-electron chi connectivity index (χ2n) is 2.81. The van der Waals surface area contributed by atoms with Gasteiger partial charge in [-0.15, -0.1) is 0 Å². The molecular weight excluding hydrogens is 253 g/mol. The van der Waals surface area contributed by atoms with Crippen molar-refractivity contribution in [2.75, 3.05) is 6.61 Å². The Hall–Kier alpha value is -2.02. The van der Waals surface area contributed by atoms with Gasteiger partial charge in [-0.1, -0.05) is 0 Å². The Morgan fingerprint density at radius 1 is 1.47 bits per heavy atom. The van der Waals surface area contributed by atoms with Crippen LogP contribution in [-0.4, -0.2) is 28.5 Å². The second-order valence-corrected chi connectivity index (χ2v) is 3.15. The molecule has 6 nitrogen and oxygen atoms in total. The molecule has 0 aliphatic carbocycles. The highest BCUT2D eigenvalue weighted by Crippen LogP contribution is 2.09. The van der Waals surface area contributed by atoms with Gasteiger partial charge >= 0.3 is 6.09 Å². The van der Waals surface area contributed by atoms with Gasteiger partial charge in [0.15, 0.2) is 5.78 Å². The van der Waals surface area contributed by atoms with E-state index in [4.69, 9.17) is 11.6 Å². The molecule has 0 fully saturated rings. The lowest BCUT2D eigenvalue weighted by Crippen LogP contribution is -2.18. The van der Waals surface area contributed by atoms with Crippen molar-refractivity contribution in [2.45, 2.75) is 0 Å². The van der Waals surface area contributed by atoms with Gasteiger partial charge < -0.3 is 10.5 Å². The van der Waals surface area contributed by atoms with Gasteiger partial charge in [-0.05, 0) is 11.6 Å². The molecule has 0 radical (unpaired) electrons. The predicted octanol–water partition coefficient (Wildman–Crippen LogP) is 1.26. The zero-order valence-electron chi connectivity index (χ0n) is 8.39. The molecule has 0 saturated heterocycles. The first-order valence-corrected chi connectivity index (χ1v) is 4.66. The van der Waals surface area contributed by atoms with E-state index >= 15 is 0 Å². The number of Topliss-reactive ketones (excluding diaryl/α,β-unsaturated/α-hetero) is 1. The lowest BCUT2D eigenvalue weighted by molar-refractivity contribution is 0.101. The highest BCUT2D eigenvalue weighted by atomic mass is 35.5. The molecule has 1 amide bonds. The highest BCUT2D eigenvalue weighted by molar-refractivity contribution is 6.28. The van der Waals surface area contributed by atoms with Crippen molar-refractivity contribution in [3.05, 3.63) is 35.1 Å². The number of rotatable bonds is 4. The van der Waals surface area contributed by atoms with Gasteiger partial charge in [-0.3, -0.25) is 4.79 Å². The lowest BCUT2D eigenvalue weighted by Gasteiger charge is -2.04. The fourth-order valence-electron chi connectivity index (χ4n) is 0.910. The van der Waals surface area contributed by atoms with Gasteiger partial charge in [0, 0.05) is 12.4 Å². The second kappa shape index (κ2) is 5.90. The fourth-order valence-corrected chi connectivity index (χ4v) is 1.01. The summed E-state index contributed by atoms with van der Waals surface area (Å²) in [6.45, 7) is -0.562.